The Balaban J connectivity index is 1.74. The highest BCUT2D eigenvalue weighted by atomic mass is 32.2. The summed E-state index contributed by atoms with van der Waals surface area (Å²) in [6.07, 6.45) is -2.56. The van der Waals surface area contributed by atoms with Gasteiger partial charge in [0.05, 0.1) is 30.9 Å². The van der Waals surface area contributed by atoms with Crippen molar-refractivity contribution in [1.82, 2.24) is 9.97 Å². The van der Waals surface area contributed by atoms with Gasteiger partial charge in [0, 0.05) is 10.9 Å². The minimum absolute atomic E-state index is 0.0166. The first-order valence-corrected chi connectivity index (χ1v) is 11.4. The number of carbonyl (C=O) groups is 1. The summed E-state index contributed by atoms with van der Waals surface area (Å²) in [5.41, 5.74) is 1.09. The molecule has 0 aliphatic carbocycles. The smallest absolute Gasteiger partial charge is 0.479 e. The molecule has 0 saturated heterocycles. The fourth-order valence-electron chi connectivity index (χ4n) is 2.48. The van der Waals surface area contributed by atoms with Crippen molar-refractivity contribution in [2.45, 2.75) is 6.36 Å². The van der Waals surface area contributed by atoms with E-state index >= 15 is 0 Å². The van der Waals surface area contributed by atoms with Crippen molar-refractivity contribution < 1.29 is 35.9 Å². The van der Waals surface area contributed by atoms with Crippen molar-refractivity contribution >= 4 is 38.6 Å². The molecule has 9 nitrogen and oxygen atoms in total. The van der Waals surface area contributed by atoms with E-state index in [-0.39, 0.29) is 28.0 Å². The number of hydrogen-bond donors (Lipinski definition) is 2. The molecule has 0 saturated carbocycles. The van der Waals surface area contributed by atoms with Crippen LogP contribution in [-0.4, -0.2) is 44.0 Å². The lowest BCUT2D eigenvalue weighted by molar-refractivity contribution is -0.274. The van der Waals surface area contributed by atoms with Gasteiger partial charge in [-0.2, -0.15) is 0 Å². The van der Waals surface area contributed by atoms with Gasteiger partial charge in [-0.1, -0.05) is 0 Å². The van der Waals surface area contributed by atoms with Gasteiger partial charge in [-0.15, -0.1) is 24.5 Å². The van der Waals surface area contributed by atoms with Gasteiger partial charge in [0.2, 0.25) is 15.9 Å². The maximum Gasteiger partial charge on any atom is 0.573 e. The molecule has 3 aromatic rings. The molecule has 0 aliphatic rings. The van der Waals surface area contributed by atoms with Gasteiger partial charge in [0.15, 0.2) is 5.01 Å². The summed E-state index contributed by atoms with van der Waals surface area (Å²) in [5.74, 6) is -0.946. The van der Waals surface area contributed by atoms with E-state index in [1.54, 1.807) is 5.38 Å². The van der Waals surface area contributed by atoms with Gasteiger partial charge in [-0.05, 0) is 30.3 Å². The van der Waals surface area contributed by atoms with Crippen molar-refractivity contribution in [1.29, 1.82) is 0 Å². The van der Waals surface area contributed by atoms with Crippen molar-refractivity contribution in [2.75, 3.05) is 23.4 Å². The number of sulfonamides is 1. The molecule has 170 valence electrons. The molecule has 2 N–H and O–H groups in total. The van der Waals surface area contributed by atoms with Crippen molar-refractivity contribution in [3.05, 3.63) is 46.9 Å². The van der Waals surface area contributed by atoms with Crippen LogP contribution in [0.4, 0.5) is 24.5 Å². The number of rotatable bonds is 7. The van der Waals surface area contributed by atoms with Crippen LogP contribution in [0.1, 0.15) is 9.80 Å². The van der Waals surface area contributed by atoms with E-state index in [2.05, 4.69) is 24.7 Å². The quantitative estimate of drug-likeness (QED) is 0.520. The fraction of sp³-hybridized carbons (Fsp3) is 0.167. The number of aromatic nitrogens is 2. The lowest BCUT2D eigenvalue weighted by Crippen LogP contribution is -2.16. The lowest BCUT2D eigenvalue weighted by atomic mass is 10.2. The summed E-state index contributed by atoms with van der Waals surface area (Å²) in [6.45, 7) is 0. The standard InChI is InChI=1S/C18H15F3N4O5S2/c1-29-16-13(25-32(2,27)28)7-11(8-22-16)23-15(26)17-24-14(9-31-17)10-3-5-12(6-4-10)30-18(19,20)21/h3-9,25H,1-2H3,(H,23,26). The molecule has 14 heteroatoms. The maximum atomic E-state index is 12.5. The van der Waals surface area contributed by atoms with Crippen LogP contribution >= 0.6 is 11.3 Å². The van der Waals surface area contributed by atoms with Crippen molar-refractivity contribution in [2.24, 2.45) is 0 Å². The number of nitrogens with zero attached hydrogens (tertiary/aromatic N) is 2. The number of carbonyl (C=O) groups excluding carboxylic acids is 1. The molecule has 32 heavy (non-hydrogen) atoms. The van der Waals surface area contributed by atoms with Crippen molar-refractivity contribution in [3.8, 4) is 22.9 Å². The monoisotopic (exact) mass is 488 g/mol. The number of anilines is 2. The zero-order valence-corrected chi connectivity index (χ0v) is 18.1. The Morgan fingerprint density at radius 2 is 1.88 bits per heavy atom. The normalized spacial score (nSPS) is 11.7. The van der Waals surface area contributed by atoms with Crippen LogP contribution in [0.2, 0.25) is 0 Å². The number of halogens is 3. The average molecular weight is 488 g/mol. The van der Waals surface area contributed by atoms with E-state index < -0.39 is 22.3 Å². The first kappa shape index (κ1) is 23.3. The zero-order valence-electron chi connectivity index (χ0n) is 16.4. The topological polar surface area (TPSA) is 120 Å². The number of pyridine rings is 1. The van der Waals surface area contributed by atoms with E-state index in [0.29, 0.717) is 11.3 Å². The first-order chi connectivity index (χ1) is 14.9. The second kappa shape index (κ2) is 9.00. The van der Waals surface area contributed by atoms with Crippen LogP contribution in [0.3, 0.4) is 0 Å². The Labute approximate surface area is 184 Å². The van der Waals surface area contributed by atoms with Gasteiger partial charge in [0.25, 0.3) is 5.91 Å². The number of benzene rings is 1. The molecule has 0 unspecified atom stereocenters. The van der Waals surface area contributed by atoms with Crippen LogP contribution in [0.5, 0.6) is 11.6 Å². The predicted molar refractivity (Wildman–Crippen MR) is 111 cm³/mol. The minimum Gasteiger partial charge on any atom is -0.479 e. The Morgan fingerprint density at radius 1 is 1.19 bits per heavy atom. The second-order valence-electron chi connectivity index (χ2n) is 6.22. The number of nitrogens with one attached hydrogen (secondary N) is 2. The van der Waals surface area contributed by atoms with Gasteiger partial charge in [0.1, 0.15) is 11.4 Å². The summed E-state index contributed by atoms with van der Waals surface area (Å²) in [6, 6.07) is 6.38. The maximum absolute atomic E-state index is 12.5. The molecule has 3 rings (SSSR count). The fourth-order valence-corrected chi connectivity index (χ4v) is 3.75. The lowest BCUT2D eigenvalue weighted by Gasteiger charge is -2.11. The number of hydrogen-bond acceptors (Lipinski definition) is 8. The number of methoxy groups -OCH3 is 1. The molecule has 0 spiro atoms. The third-order valence-corrected chi connectivity index (χ3v) is 5.11. The second-order valence-corrected chi connectivity index (χ2v) is 8.83. The van der Waals surface area contributed by atoms with Gasteiger partial charge >= 0.3 is 6.36 Å². The van der Waals surface area contributed by atoms with E-state index in [0.717, 1.165) is 29.7 Å². The molecule has 0 bridgehead atoms. The van der Waals surface area contributed by atoms with Gasteiger partial charge in [-0.3, -0.25) is 9.52 Å². The molecule has 2 aromatic heterocycles. The predicted octanol–water partition coefficient (Wildman–Crippen LogP) is 3.74. The van der Waals surface area contributed by atoms with Gasteiger partial charge < -0.3 is 14.8 Å². The van der Waals surface area contributed by atoms with E-state index in [1.807, 2.05) is 0 Å². The Kier molecular flexibility index (Phi) is 6.55. The summed E-state index contributed by atoms with van der Waals surface area (Å²) in [4.78, 5) is 20.6. The highest BCUT2D eigenvalue weighted by molar-refractivity contribution is 7.92. The summed E-state index contributed by atoms with van der Waals surface area (Å²) >= 11 is 1.02. The highest BCUT2D eigenvalue weighted by Gasteiger charge is 2.31. The van der Waals surface area contributed by atoms with E-state index in [9.17, 15) is 26.4 Å². The zero-order chi connectivity index (χ0) is 23.5. The Hall–Kier alpha value is -3.39. The van der Waals surface area contributed by atoms with Crippen LogP contribution in [0.15, 0.2) is 41.9 Å². The molecular weight excluding hydrogens is 473 g/mol. The largest absolute Gasteiger partial charge is 0.573 e. The van der Waals surface area contributed by atoms with Crippen LogP contribution in [0, 0.1) is 0 Å². The van der Waals surface area contributed by atoms with Gasteiger partial charge in [-0.25, -0.2) is 18.4 Å². The summed E-state index contributed by atoms with van der Waals surface area (Å²) in [5, 5.41) is 4.19. The molecule has 2 heterocycles. The minimum atomic E-state index is -4.79. The average Bonchev–Trinajstić information content (AvgIpc) is 3.17. The van der Waals surface area contributed by atoms with Crippen molar-refractivity contribution in [3.63, 3.8) is 0 Å². The first-order valence-electron chi connectivity index (χ1n) is 8.58. The number of thiazole rings is 1. The molecule has 0 radical (unpaired) electrons. The third kappa shape index (κ3) is 6.31. The summed E-state index contributed by atoms with van der Waals surface area (Å²) < 4.78 is 70.8. The Bertz CT molecular complexity index is 1230. The molecule has 0 fully saturated rings. The van der Waals surface area contributed by atoms with Crippen LogP contribution in [-0.2, 0) is 10.0 Å². The number of amides is 1. The number of ether oxygens (including phenoxy) is 2. The van der Waals surface area contributed by atoms with E-state index in [4.69, 9.17) is 4.74 Å². The molecule has 1 aromatic carbocycles. The van der Waals surface area contributed by atoms with Crippen LogP contribution < -0.4 is 19.5 Å². The van der Waals surface area contributed by atoms with Crippen LogP contribution in [0.25, 0.3) is 11.3 Å². The third-order valence-electron chi connectivity index (χ3n) is 3.68. The summed E-state index contributed by atoms with van der Waals surface area (Å²) in [7, 11) is -2.30. The molecular formula is C18H15F3N4O5S2. The molecule has 1 amide bonds. The SMILES string of the molecule is COc1ncc(NC(=O)c2nc(-c3ccc(OC(F)(F)F)cc3)cs2)cc1NS(C)(=O)=O. The highest BCUT2D eigenvalue weighted by Crippen LogP contribution is 2.29. The molecule has 0 aliphatic heterocycles. The molecule has 0 atom stereocenters. The Morgan fingerprint density at radius 3 is 2.47 bits per heavy atom. The number of alkyl halides is 3. The van der Waals surface area contributed by atoms with E-state index in [1.165, 1.54) is 31.5 Å².